The lowest BCUT2D eigenvalue weighted by molar-refractivity contribution is -0.134. The van der Waals surface area contributed by atoms with E-state index in [4.69, 9.17) is 9.47 Å². The molecule has 0 unspecified atom stereocenters. The number of ether oxygens (including phenoxy) is 2. The molecular weight excluding hydrogens is 401 g/mol. The molecule has 31 heavy (non-hydrogen) atoms. The van der Waals surface area contributed by atoms with Gasteiger partial charge in [0, 0.05) is 12.0 Å². The Labute approximate surface area is 206 Å². The molecule has 0 N–H and O–H groups in total. The van der Waals surface area contributed by atoms with Crippen molar-refractivity contribution in [2.24, 2.45) is 0 Å². The molecule has 0 heterocycles. The Morgan fingerprint density at radius 2 is 1.26 bits per heavy atom. The summed E-state index contributed by atoms with van der Waals surface area (Å²) in [6, 6.07) is 4.79. The van der Waals surface area contributed by atoms with Gasteiger partial charge in [-0.15, -0.1) is 0 Å². The number of esters is 1. The number of methoxy groups -OCH3 is 1. The number of carbonyl (C=O) groups excluding carboxylic acids is 2. The van der Waals surface area contributed by atoms with Crippen molar-refractivity contribution in [2.45, 2.75) is 110 Å². The third-order valence-corrected chi connectivity index (χ3v) is 5.53. The second kappa shape index (κ2) is 20.8. The van der Waals surface area contributed by atoms with Crippen LogP contribution in [0.25, 0.3) is 0 Å². The first-order valence-corrected chi connectivity index (χ1v) is 12.0. The monoisotopic (exact) mass is 444 g/mol. The molecule has 174 valence electrons. The minimum atomic E-state index is -0.248. The van der Waals surface area contributed by atoms with Crippen LogP contribution >= 0.6 is 0 Å². The molecule has 0 saturated heterocycles. The van der Waals surface area contributed by atoms with Crippen molar-refractivity contribution in [3.8, 4) is 11.5 Å². The Balaban J connectivity index is 0.00000900. The highest BCUT2D eigenvalue weighted by Crippen LogP contribution is 2.28. The second-order valence-electron chi connectivity index (χ2n) is 8.20. The largest absolute Gasteiger partial charge is 0.493 e. The first-order chi connectivity index (χ1) is 14.7. The fraction of sp³-hybridized carbons (Fsp3) is 0.692. The SMILES string of the molecule is CCCCCCCCCCCCCCCCCC(=O)Oc1ccc(C=O)cc1OC.[MgH2]. The van der Waals surface area contributed by atoms with Gasteiger partial charge in [-0.3, -0.25) is 9.59 Å². The van der Waals surface area contributed by atoms with Crippen LogP contribution in [0.5, 0.6) is 11.5 Å². The average molecular weight is 445 g/mol. The number of carbonyl (C=O) groups is 2. The molecule has 1 aromatic carbocycles. The van der Waals surface area contributed by atoms with E-state index in [1.165, 1.54) is 90.6 Å². The van der Waals surface area contributed by atoms with E-state index in [1.807, 2.05) is 0 Å². The average Bonchev–Trinajstić information content (AvgIpc) is 2.76. The van der Waals surface area contributed by atoms with Gasteiger partial charge in [0.25, 0.3) is 0 Å². The molecule has 1 aromatic rings. The molecule has 0 aliphatic carbocycles. The molecule has 0 aliphatic heterocycles. The van der Waals surface area contributed by atoms with Crippen molar-refractivity contribution >= 4 is 35.3 Å². The lowest BCUT2D eigenvalue weighted by Crippen LogP contribution is -2.08. The van der Waals surface area contributed by atoms with Gasteiger partial charge in [-0.1, -0.05) is 96.8 Å². The number of unbranched alkanes of at least 4 members (excludes halogenated alkanes) is 14. The van der Waals surface area contributed by atoms with Crippen LogP contribution in [-0.2, 0) is 4.79 Å². The van der Waals surface area contributed by atoms with Gasteiger partial charge in [0.15, 0.2) is 11.5 Å². The van der Waals surface area contributed by atoms with Gasteiger partial charge < -0.3 is 9.47 Å². The maximum Gasteiger partial charge on any atom is 0.316 e. The van der Waals surface area contributed by atoms with Crippen LogP contribution in [0.2, 0.25) is 0 Å². The summed E-state index contributed by atoms with van der Waals surface area (Å²) in [7, 11) is 1.50. The summed E-state index contributed by atoms with van der Waals surface area (Å²) in [5, 5.41) is 0. The van der Waals surface area contributed by atoms with Crippen molar-refractivity contribution in [1.82, 2.24) is 0 Å². The summed E-state index contributed by atoms with van der Waals surface area (Å²) in [5.41, 5.74) is 0.494. The van der Waals surface area contributed by atoms with Crippen molar-refractivity contribution in [2.75, 3.05) is 7.11 Å². The number of rotatable bonds is 19. The summed E-state index contributed by atoms with van der Waals surface area (Å²) in [5.74, 6) is 0.528. The summed E-state index contributed by atoms with van der Waals surface area (Å²) >= 11 is 0. The maximum absolute atomic E-state index is 12.0. The maximum atomic E-state index is 12.0. The molecule has 0 atom stereocenters. The summed E-state index contributed by atoms with van der Waals surface area (Å²) in [6.07, 6.45) is 20.7. The van der Waals surface area contributed by atoms with E-state index in [2.05, 4.69) is 6.92 Å². The molecule has 0 radical (unpaired) electrons. The quantitative estimate of drug-likeness (QED) is 0.0777. The molecule has 4 nitrogen and oxygen atoms in total. The predicted octanol–water partition coefficient (Wildman–Crippen LogP) is 6.76. The molecule has 0 fully saturated rings. The van der Waals surface area contributed by atoms with E-state index in [0.717, 1.165) is 19.1 Å². The van der Waals surface area contributed by atoms with Crippen molar-refractivity contribution < 1.29 is 19.1 Å². The molecule has 0 spiro atoms. The Bertz CT molecular complexity index is 589. The smallest absolute Gasteiger partial charge is 0.316 e. The van der Waals surface area contributed by atoms with Gasteiger partial charge in [-0.25, -0.2) is 0 Å². The standard InChI is InChI=1S/C26H42O4.Mg.2H/c1-3-4-5-6-7-8-9-10-11-12-13-14-15-16-17-18-26(28)30-24-20-19-23(22-27)21-25(24)29-2;;;/h19-22H,3-18H2,1-2H3;;;. The summed E-state index contributed by atoms with van der Waals surface area (Å²) in [4.78, 5) is 22.8. The zero-order valence-corrected chi connectivity index (χ0v) is 19.3. The van der Waals surface area contributed by atoms with Crippen molar-refractivity contribution in [3.63, 3.8) is 0 Å². The van der Waals surface area contributed by atoms with E-state index in [9.17, 15) is 9.59 Å². The number of hydrogen-bond acceptors (Lipinski definition) is 4. The lowest BCUT2D eigenvalue weighted by Gasteiger charge is -2.09. The number of benzene rings is 1. The Kier molecular flexibility index (Phi) is 20.1. The predicted molar refractivity (Wildman–Crippen MR) is 132 cm³/mol. The summed E-state index contributed by atoms with van der Waals surface area (Å²) in [6.45, 7) is 2.27. The molecule has 0 aliphatic rings. The Morgan fingerprint density at radius 1 is 0.774 bits per heavy atom. The van der Waals surface area contributed by atoms with Crippen LogP contribution in [0, 0.1) is 0 Å². The minimum absolute atomic E-state index is 0. The van der Waals surface area contributed by atoms with Crippen LogP contribution in [0.15, 0.2) is 18.2 Å². The van der Waals surface area contributed by atoms with Crippen LogP contribution in [0.3, 0.4) is 0 Å². The van der Waals surface area contributed by atoms with E-state index in [-0.39, 0.29) is 29.0 Å². The molecule has 0 aromatic heterocycles. The van der Waals surface area contributed by atoms with E-state index in [1.54, 1.807) is 18.2 Å². The second-order valence-corrected chi connectivity index (χ2v) is 8.20. The fourth-order valence-electron chi connectivity index (χ4n) is 3.66. The molecule has 0 amide bonds. The number of hydrogen-bond donors (Lipinski definition) is 0. The van der Waals surface area contributed by atoms with Crippen LogP contribution in [0.4, 0.5) is 0 Å². The van der Waals surface area contributed by atoms with Crippen LogP contribution < -0.4 is 9.47 Å². The van der Waals surface area contributed by atoms with Gasteiger partial charge in [-0.05, 0) is 24.6 Å². The van der Waals surface area contributed by atoms with E-state index >= 15 is 0 Å². The van der Waals surface area contributed by atoms with Crippen molar-refractivity contribution in [3.05, 3.63) is 23.8 Å². The highest BCUT2D eigenvalue weighted by molar-refractivity contribution is 5.78. The van der Waals surface area contributed by atoms with Gasteiger partial charge in [0.2, 0.25) is 0 Å². The first-order valence-electron chi connectivity index (χ1n) is 12.0. The first kappa shape index (κ1) is 29.9. The lowest BCUT2D eigenvalue weighted by atomic mass is 10.0. The third-order valence-electron chi connectivity index (χ3n) is 5.53. The van der Waals surface area contributed by atoms with Crippen molar-refractivity contribution in [1.29, 1.82) is 0 Å². The van der Waals surface area contributed by atoms with E-state index < -0.39 is 0 Å². The molecular formula is C26H44MgO4. The highest BCUT2D eigenvalue weighted by atomic mass is 24.3. The van der Waals surface area contributed by atoms with Gasteiger partial charge in [0.1, 0.15) is 6.29 Å². The zero-order chi connectivity index (χ0) is 21.9. The van der Waals surface area contributed by atoms with Crippen LogP contribution in [-0.4, -0.2) is 42.4 Å². The Morgan fingerprint density at radius 3 is 1.71 bits per heavy atom. The number of aldehydes is 1. The minimum Gasteiger partial charge on any atom is -0.493 e. The Hall–Kier alpha value is -1.07. The van der Waals surface area contributed by atoms with Gasteiger partial charge >= 0.3 is 29.0 Å². The molecule has 0 bridgehead atoms. The topological polar surface area (TPSA) is 52.6 Å². The molecule has 1 rings (SSSR count). The van der Waals surface area contributed by atoms with Crippen LogP contribution in [0.1, 0.15) is 120 Å². The molecule has 0 saturated carbocycles. The summed E-state index contributed by atoms with van der Waals surface area (Å²) < 4.78 is 10.6. The third kappa shape index (κ3) is 15.4. The normalized spacial score (nSPS) is 10.4. The molecule has 5 heteroatoms. The van der Waals surface area contributed by atoms with Gasteiger partial charge in [0.05, 0.1) is 7.11 Å². The zero-order valence-electron chi connectivity index (χ0n) is 19.3. The fourth-order valence-corrected chi connectivity index (χ4v) is 3.66. The highest BCUT2D eigenvalue weighted by Gasteiger charge is 2.10. The van der Waals surface area contributed by atoms with E-state index in [0.29, 0.717) is 23.5 Å². The van der Waals surface area contributed by atoms with Gasteiger partial charge in [-0.2, -0.15) is 0 Å².